The molecule has 0 aliphatic rings. The topological polar surface area (TPSA) is 34.1 Å². The van der Waals surface area contributed by atoms with Crippen LogP contribution < -0.4 is 0 Å². The quantitative estimate of drug-likeness (QED) is 0.580. The van der Waals surface area contributed by atoms with Crippen LogP contribution in [-0.2, 0) is 0 Å². The highest BCUT2D eigenvalue weighted by atomic mass is 35.5. The fraction of sp³-hybridized carbons (Fsp3) is 0.300. The van der Waals surface area contributed by atoms with E-state index in [9.17, 15) is 9.59 Å². The zero-order chi connectivity index (χ0) is 18.0. The van der Waals surface area contributed by atoms with Crippen molar-refractivity contribution in [1.29, 1.82) is 0 Å². The van der Waals surface area contributed by atoms with Crippen LogP contribution in [0.1, 0.15) is 71.4 Å². The molecule has 0 N–H and O–H groups in total. The van der Waals surface area contributed by atoms with Gasteiger partial charge in [0.25, 0.3) is 10.5 Å². The first-order chi connectivity index (χ1) is 11.2. The number of halogens is 2. The van der Waals surface area contributed by atoms with Crippen LogP contribution in [0, 0.1) is 0 Å². The summed E-state index contributed by atoms with van der Waals surface area (Å²) < 4.78 is 0. The Kier molecular flexibility index (Phi) is 5.84. The minimum atomic E-state index is -0.462. The van der Waals surface area contributed by atoms with Crippen LogP contribution in [0.4, 0.5) is 0 Å². The molecule has 0 aromatic heterocycles. The van der Waals surface area contributed by atoms with Crippen molar-refractivity contribution in [3.8, 4) is 11.1 Å². The number of hydrogen-bond acceptors (Lipinski definition) is 2. The Labute approximate surface area is 152 Å². The summed E-state index contributed by atoms with van der Waals surface area (Å²) in [6.45, 7) is 8.31. The van der Waals surface area contributed by atoms with Crippen LogP contribution in [0.15, 0.2) is 36.4 Å². The average molecular weight is 363 g/mol. The highest BCUT2D eigenvalue weighted by Crippen LogP contribution is 2.36. The summed E-state index contributed by atoms with van der Waals surface area (Å²) in [4.78, 5) is 23.0. The van der Waals surface area contributed by atoms with Crippen LogP contribution in [0.2, 0.25) is 0 Å². The van der Waals surface area contributed by atoms with Gasteiger partial charge < -0.3 is 0 Å². The SMILES string of the molecule is CC(C)c1cc(C(=O)Cl)ccc1-c1ccc(C(=O)Cl)cc1C(C)C. The summed E-state index contributed by atoms with van der Waals surface area (Å²) in [6.07, 6.45) is 0. The Morgan fingerprint density at radius 2 is 1.04 bits per heavy atom. The van der Waals surface area contributed by atoms with Gasteiger partial charge in [0, 0.05) is 11.1 Å². The first-order valence-electron chi connectivity index (χ1n) is 7.90. The molecular weight excluding hydrogens is 343 g/mol. The second-order valence-electron chi connectivity index (χ2n) is 6.46. The maximum Gasteiger partial charge on any atom is 0.252 e. The van der Waals surface area contributed by atoms with Crippen LogP contribution in [-0.4, -0.2) is 10.5 Å². The molecule has 4 heteroatoms. The summed E-state index contributed by atoms with van der Waals surface area (Å²) in [5, 5.41) is -0.925. The maximum atomic E-state index is 11.5. The molecule has 0 saturated heterocycles. The average Bonchev–Trinajstić information content (AvgIpc) is 2.53. The fourth-order valence-corrected chi connectivity index (χ4v) is 3.05. The monoisotopic (exact) mass is 362 g/mol. The molecule has 2 aromatic carbocycles. The van der Waals surface area contributed by atoms with Gasteiger partial charge in [0.2, 0.25) is 0 Å². The van der Waals surface area contributed by atoms with E-state index >= 15 is 0 Å². The Morgan fingerprint density at radius 1 is 0.708 bits per heavy atom. The zero-order valence-corrected chi connectivity index (χ0v) is 15.7. The van der Waals surface area contributed by atoms with Crippen molar-refractivity contribution < 1.29 is 9.59 Å². The predicted octanol–water partition coefficient (Wildman–Crippen LogP) is 6.36. The third-order valence-electron chi connectivity index (χ3n) is 4.09. The van der Waals surface area contributed by atoms with Gasteiger partial charge in [0.1, 0.15) is 0 Å². The van der Waals surface area contributed by atoms with Crippen molar-refractivity contribution >= 4 is 33.7 Å². The third-order valence-corrected chi connectivity index (χ3v) is 4.53. The third kappa shape index (κ3) is 3.88. The number of benzene rings is 2. The molecule has 0 radical (unpaired) electrons. The Hall–Kier alpha value is -1.64. The lowest BCUT2D eigenvalue weighted by Crippen LogP contribution is -2.02. The van der Waals surface area contributed by atoms with Gasteiger partial charge in [-0.25, -0.2) is 0 Å². The smallest absolute Gasteiger partial charge is 0.252 e. The molecular formula is C20H20Cl2O2. The van der Waals surface area contributed by atoms with Gasteiger partial charge in [-0.15, -0.1) is 0 Å². The zero-order valence-electron chi connectivity index (χ0n) is 14.2. The Balaban J connectivity index is 2.71. The lowest BCUT2D eigenvalue weighted by atomic mass is 9.85. The normalized spacial score (nSPS) is 11.2. The van der Waals surface area contributed by atoms with Gasteiger partial charge in [0.15, 0.2) is 0 Å². The molecule has 0 spiro atoms. The highest BCUT2D eigenvalue weighted by Gasteiger charge is 2.17. The van der Waals surface area contributed by atoms with Gasteiger partial charge in [-0.1, -0.05) is 39.8 Å². The Bertz CT molecular complexity index is 725. The van der Waals surface area contributed by atoms with Crippen molar-refractivity contribution in [3.05, 3.63) is 58.7 Å². The van der Waals surface area contributed by atoms with Crippen molar-refractivity contribution in [3.63, 3.8) is 0 Å². The van der Waals surface area contributed by atoms with Gasteiger partial charge in [-0.3, -0.25) is 9.59 Å². The van der Waals surface area contributed by atoms with E-state index in [0.29, 0.717) is 11.1 Å². The predicted molar refractivity (Wildman–Crippen MR) is 100 cm³/mol. The van der Waals surface area contributed by atoms with Crippen molar-refractivity contribution in [1.82, 2.24) is 0 Å². The van der Waals surface area contributed by atoms with Crippen molar-refractivity contribution in [2.24, 2.45) is 0 Å². The number of hydrogen-bond donors (Lipinski definition) is 0. The second kappa shape index (κ2) is 7.50. The van der Waals surface area contributed by atoms with Crippen LogP contribution in [0.25, 0.3) is 11.1 Å². The fourth-order valence-electron chi connectivity index (χ4n) is 2.82. The summed E-state index contributed by atoms with van der Waals surface area (Å²) in [6, 6.07) is 11.0. The van der Waals surface area contributed by atoms with Crippen molar-refractivity contribution in [2.45, 2.75) is 39.5 Å². The molecule has 0 aliphatic carbocycles. The Morgan fingerprint density at radius 3 is 1.29 bits per heavy atom. The molecule has 126 valence electrons. The molecule has 2 nitrogen and oxygen atoms in total. The van der Waals surface area contributed by atoms with E-state index in [1.54, 1.807) is 12.1 Å². The first kappa shape index (κ1) is 18.7. The molecule has 0 aliphatic heterocycles. The van der Waals surface area contributed by atoms with Crippen LogP contribution in [0.5, 0.6) is 0 Å². The molecule has 2 aromatic rings. The van der Waals surface area contributed by atoms with E-state index in [-0.39, 0.29) is 11.8 Å². The van der Waals surface area contributed by atoms with Crippen molar-refractivity contribution in [2.75, 3.05) is 0 Å². The number of carbonyl (C=O) groups is 2. The van der Waals surface area contributed by atoms with Crippen LogP contribution in [0.3, 0.4) is 0 Å². The minimum absolute atomic E-state index is 0.227. The van der Waals surface area contributed by atoms with E-state index in [2.05, 4.69) is 27.7 Å². The second-order valence-corrected chi connectivity index (χ2v) is 7.15. The summed E-state index contributed by atoms with van der Waals surface area (Å²) in [5.74, 6) is 0.454. The molecule has 0 heterocycles. The molecule has 0 bridgehead atoms. The standard InChI is InChI=1S/C20H20Cl2O2/c1-11(2)17-9-13(19(21)23)5-7-15(17)16-8-6-14(20(22)24)10-18(16)12(3)4/h5-12H,1-4H3. The molecule has 0 fully saturated rings. The van der Waals surface area contributed by atoms with E-state index in [1.165, 1.54) is 0 Å². The summed E-state index contributed by atoms with van der Waals surface area (Å²) in [5.41, 5.74) is 5.17. The van der Waals surface area contributed by atoms with E-state index in [0.717, 1.165) is 22.3 Å². The molecule has 0 amide bonds. The largest absolute Gasteiger partial charge is 0.276 e. The minimum Gasteiger partial charge on any atom is -0.276 e. The summed E-state index contributed by atoms with van der Waals surface area (Å²) >= 11 is 11.2. The van der Waals surface area contributed by atoms with E-state index in [1.807, 2.05) is 24.3 Å². The lowest BCUT2D eigenvalue weighted by molar-refractivity contribution is 0.107. The number of carbonyl (C=O) groups excluding carboxylic acids is 2. The molecule has 2 rings (SSSR count). The van der Waals surface area contributed by atoms with Crippen LogP contribution >= 0.6 is 23.2 Å². The van der Waals surface area contributed by atoms with Gasteiger partial charge in [-0.05, 0) is 81.6 Å². The molecule has 0 unspecified atom stereocenters. The van der Waals surface area contributed by atoms with Gasteiger partial charge >= 0.3 is 0 Å². The maximum absolute atomic E-state index is 11.5. The number of rotatable bonds is 5. The highest BCUT2D eigenvalue weighted by molar-refractivity contribution is 6.68. The summed E-state index contributed by atoms with van der Waals surface area (Å²) in [7, 11) is 0. The first-order valence-corrected chi connectivity index (χ1v) is 8.65. The van der Waals surface area contributed by atoms with Gasteiger partial charge in [0.05, 0.1) is 0 Å². The van der Waals surface area contributed by atoms with E-state index < -0.39 is 10.5 Å². The molecule has 0 atom stereocenters. The molecule has 0 saturated carbocycles. The van der Waals surface area contributed by atoms with Gasteiger partial charge in [-0.2, -0.15) is 0 Å². The molecule has 24 heavy (non-hydrogen) atoms. The van der Waals surface area contributed by atoms with E-state index in [4.69, 9.17) is 23.2 Å². The lowest BCUT2D eigenvalue weighted by Gasteiger charge is -2.19.